The number of rotatable bonds is 3. The molecule has 138 valence electrons. The maximum atomic E-state index is 12.9. The minimum absolute atomic E-state index is 0.0143. The summed E-state index contributed by atoms with van der Waals surface area (Å²) in [4.78, 5) is 17.3. The van der Waals surface area contributed by atoms with Crippen LogP contribution in [0.15, 0.2) is 61.1 Å². The van der Waals surface area contributed by atoms with E-state index in [1.807, 2.05) is 24.4 Å². The van der Waals surface area contributed by atoms with Crippen molar-refractivity contribution in [2.75, 3.05) is 5.32 Å². The standard InChI is InChI=1S/C23H20N4O/c1-14-2-6-20-16(8-14)5-7-21(20)23(28)27-22-10-18-9-15(19-12-25-26-13-19)3-4-17(18)11-24-22/h2-4,6,8-13,21H,5,7H2,1H3,(H,25,26)(H,24,27,28). The number of hydrogen-bond donors (Lipinski definition) is 2. The number of carbonyl (C=O) groups excluding carboxylic acids is 1. The molecule has 4 aromatic rings. The van der Waals surface area contributed by atoms with Gasteiger partial charge in [0.25, 0.3) is 0 Å². The number of pyridine rings is 1. The minimum Gasteiger partial charge on any atom is -0.310 e. The quantitative estimate of drug-likeness (QED) is 0.555. The highest BCUT2D eigenvalue weighted by molar-refractivity contribution is 5.98. The number of anilines is 1. The molecule has 1 amide bonds. The molecule has 0 bridgehead atoms. The Labute approximate surface area is 162 Å². The van der Waals surface area contributed by atoms with Gasteiger partial charge in [0.2, 0.25) is 5.91 Å². The van der Waals surface area contributed by atoms with E-state index in [2.05, 4.69) is 51.7 Å². The van der Waals surface area contributed by atoms with Crippen LogP contribution in [0.4, 0.5) is 5.82 Å². The Balaban J connectivity index is 1.42. The van der Waals surface area contributed by atoms with Gasteiger partial charge in [-0.25, -0.2) is 4.98 Å². The van der Waals surface area contributed by atoms with Crippen LogP contribution in [0.5, 0.6) is 0 Å². The lowest BCUT2D eigenvalue weighted by Gasteiger charge is -2.13. The molecule has 0 spiro atoms. The van der Waals surface area contributed by atoms with Crippen molar-refractivity contribution in [2.24, 2.45) is 0 Å². The summed E-state index contributed by atoms with van der Waals surface area (Å²) in [6, 6.07) is 14.5. The van der Waals surface area contributed by atoms with Crippen molar-refractivity contribution >= 4 is 22.5 Å². The van der Waals surface area contributed by atoms with Crippen molar-refractivity contribution in [1.82, 2.24) is 15.2 Å². The Hall–Kier alpha value is -3.47. The van der Waals surface area contributed by atoms with Gasteiger partial charge in [0, 0.05) is 23.3 Å². The third-order valence-electron chi connectivity index (χ3n) is 5.50. The fourth-order valence-electron chi connectivity index (χ4n) is 4.03. The molecule has 0 aliphatic heterocycles. The first-order chi connectivity index (χ1) is 13.7. The van der Waals surface area contributed by atoms with Gasteiger partial charge in [-0.05, 0) is 54.0 Å². The van der Waals surface area contributed by atoms with Gasteiger partial charge in [-0.2, -0.15) is 5.10 Å². The van der Waals surface area contributed by atoms with Crippen molar-refractivity contribution in [3.05, 3.63) is 77.7 Å². The van der Waals surface area contributed by atoms with Gasteiger partial charge in [0.15, 0.2) is 0 Å². The highest BCUT2D eigenvalue weighted by Gasteiger charge is 2.28. The first-order valence-electron chi connectivity index (χ1n) is 9.47. The summed E-state index contributed by atoms with van der Waals surface area (Å²) < 4.78 is 0. The second-order valence-electron chi connectivity index (χ2n) is 7.40. The first-order valence-corrected chi connectivity index (χ1v) is 9.47. The molecular weight excluding hydrogens is 348 g/mol. The van der Waals surface area contributed by atoms with Crippen molar-refractivity contribution < 1.29 is 4.79 Å². The highest BCUT2D eigenvalue weighted by atomic mass is 16.1. The Morgan fingerprint density at radius 2 is 2.00 bits per heavy atom. The van der Waals surface area contributed by atoms with E-state index in [0.717, 1.165) is 40.3 Å². The van der Waals surface area contributed by atoms with E-state index < -0.39 is 0 Å². The third-order valence-corrected chi connectivity index (χ3v) is 5.50. The zero-order chi connectivity index (χ0) is 19.1. The maximum absolute atomic E-state index is 12.9. The van der Waals surface area contributed by atoms with Crippen LogP contribution in [0, 0.1) is 6.92 Å². The molecule has 2 N–H and O–H groups in total. The van der Waals surface area contributed by atoms with Crippen LogP contribution in [-0.4, -0.2) is 21.1 Å². The number of benzene rings is 2. The second-order valence-corrected chi connectivity index (χ2v) is 7.40. The largest absolute Gasteiger partial charge is 0.310 e. The van der Waals surface area contributed by atoms with Gasteiger partial charge in [0.05, 0.1) is 12.1 Å². The lowest BCUT2D eigenvalue weighted by molar-refractivity contribution is -0.117. The molecule has 2 aromatic carbocycles. The zero-order valence-electron chi connectivity index (χ0n) is 15.6. The molecule has 5 heteroatoms. The smallest absolute Gasteiger partial charge is 0.233 e. The van der Waals surface area contributed by atoms with E-state index in [-0.39, 0.29) is 11.8 Å². The van der Waals surface area contributed by atoms with Crippen LogP contribution < -0.4 is 5.32 Å². The molecule has 28 heavy (non-hydrogen) atoms. The van der Waals surface area contributed by atoms with Crippen molar-refractivity contribution in [3.63, 3.8) is 0 Å². The molecule has 0 saturated heterocycles. The topological polar surface area (TPSA) is 70.7 Å². The molecule has 1 aliphatic carbocycles. The van der Waals surface area contributed by atoms with Crippen LogP contribution in [0.25, 0.3) is 21.9 Å². The lowest BCUT2D eigenvalue weighted by atomic mass is 9.99. The van der Waals surface area contributed by atoms with E-state index in [9.17, 15) is 4.79 Å². The van der Waals surface area contributed by atoms with Gasteiger partial charge < -0.3 is 5.32 Å². The Bertz CT molecular complexity index is 1180. The average molecular weight is 368 g/mol. The fraction of sp³-hybridized carbons (Fsp3) is 0.174. The number of fused-ring (bicyclic) bond motifs is 2. The van der Waals surface area contributed by atoms with Gasteiger partial charge in [0.1, 0.15) is 5.82 Å². The molecule has 2 aromatic heterocycles. The predicted octanol–water partition coefficient (Wildman–Crippen LogP) is 4.60. The molecule has 2 heterocycles. The SMILES string of the molecule is Cc1ccc2c(c1)CCC2C(=O)Nc1cc2cc(-c3cn[nH]c3)ccc2cn1. The molecule has 5 nitrogen and oxygen atoms in total. The highest BCUT2D eigenvalue weighted by Crippen LogP contribution is 2.34. The monoisotopic (exact) mass is 368 g/mol. The number of aryl methyl sites for hydroxylation is 2. The number of nitrogens with zero attached hydrogens (tertiary/aromatic N) is 2. The molecule has 1 unspecified atom stereocenters. The summed E-state index contributed by atoms with van der Waals surface area (Å²) in [5.41, 5.74) is 5.78. The Kier molecular flexibility index (Phi) is 3.93. The summed E-state index contributed by atoms with van der Waals surface area (Å²) >= 11 is 0. The van der Waals surface area contributed by atoms with Gasteiger partial charge in [-0.15, -0.1) is 0 Å². The number of carbonyl (C=O) groups is 1. The summed E-state index contributed by atoms with van der Waals surface area (Å²) in [6.07, 6.45) is 7.27. The van der Waals surface area contributed by atoms with E-state index >= 15 is 0 Å². The van der Waals surface area contributed by atoms with E-state index in [4.69, 9.17) is 0 Å². The van der Waals surface area contributed by atoms with E-state index in [0.29, 0.717) is 5.82 Å². The number of nitrogens with one attached hydrogen (secondary N) is 2. The van der Waals surface area contributed by atoms with Crippen LogP contribution in [-0.2, 0) is 11.2 Å². The maximum Gasteiger partial charge on any atom is 0.233 e. The first kappa shape index (κ1) is 16.7. The number of aromatic amines is 1. The molecular formula is C23H20N4O. The van der Waals surface area contributed by atoms with E-state index in [1.54, 1.807) is 12.4 Å². The summed E-state index contributed by atoms with van der Waals surface area (Å²) in [6.45, 7) is 2.09. The van der Waals surface area contributed by atoms with Gasteiger partial charge in [-0.3, -0.25) is 9.89 Å². The molecule has 0 fully saturated rings. The summed E-state index contributed by atoms with van der Waals surface area (Å²) in [7, 11) is 0. The summed E-state index contributed by atoms with van der Waals surface area (Å²) in [5.74, 6) is 0.494. The van der Waals surface area contributed by atoms with Crippen molar-refractivity contribution in [1.29, 1.82) is 0 Å². The number of amides is 1. The predicted molar refractivity (Wildman–Crippen MR) is 110 cm³/mol. The normalized spacial score (nSPS) is 15.5. The lowest BCUT2D eigenvalue weighted by Crippen LogP contribution is -2.20. The van der Waals surface area contributed by atoms with Crippen molar-refractivity contribution in [3.8, 4) is 11.1 Å². The molecule has 5 rings (SSSR count). The third kappa shape index (κ3) is 2.95. The summed E-state index contributed by atoms with van der Waals surface area (Å²) in [5, 5.41) is 11.9. The number of hydrogen-bond acceptors (Lipinski definition) is 3. The zero-order valence-corrected chi connectivity index (χ0v) is 15.6. The molecule has 0 saturated carbocycles. The van der Waals surface area contributed by atoms with Gasteiger partial charge in [-0.1, -0.05) is 35.9 Å². The van der Waals surface area contributed by atoms with Crippen LogP contribution >= 0.6 is 0 Å². The van der Waals surface area contributed by atoms with Crippen LogP contribution in [0.3, 0.4) is 0 Å². The van der Waals surface area contributed by atoms with E-state index in [1.165, 1.54) is 11.1 Å². The second kappa shape index (κ2) is 6.60. The number of aromatic nitrogens is 3. The Morgan fingerprint density at radius 3 is 2.86 bits per heavy atom. The van der Waals surface area contributed by atoms with Crippen LogP contribution in [0.2, 0.25) is 0 Å². The van der Waals surface area contributed by atoms with Gasteiger partial charge >= 0.3 is 0 Å². The molecule has 0 radical (unpaired) electrons. The van der Waals surface area contributed by atoms with Crippen LogP contribution in [0.1, 0.15) is 29.0 Å². The number of H-pyrrole nitrogens is 1. The molecule has 1 aliphatic rings. The van der Waals surface area contributed by atoms with Crippen molar-refractivity contribution in [2.45, 2.75) is 25.7 Å². The Morgan fingerprint density at radius 1 is 1.07 bits per heavy atom. The molecule has 1 atom stereocenters. The fourth-order valence-corrected chi connectivity index (χ4v) is 4.03. The average Bonchev–Trinajstić information content (AvgIpc) is 3.37. The minimum atomic E-state index is -0.106.